The maximum atomic E-state index is 10.8. The van der Waals surface area contributed by atoms with E-state index in [1.165, 1.54) is 42.7 Å². The molecule has 1 unspecified atom stereocenters. The molecule has 9 heteroatoms. The van der Waals surface area contributed by atoms with Crippen LogP contribution in [-0.4, -0.2) is 49.3 Å². The Morgan fingerprint density at radius 1 is 1.19 bits per heavy atom. The Labute approximate surface area is 154 Å². The molecule has 26 heavy (non-hydrogen) atoms. The molecule has 0 radical (unpaired) electrons. The number of rotatable bonds is 5. The van der Waals surface area contributed by atoms with Gasteiger partial charge in [0.1, 0.15) is 5.01 Å². The molecule has 1 fully saturated rings. The fourth-order valence-electron chi connectivity index (χ4n) is 3.39. The average molecular weight is 372 g/mol. The highest BCUT2D eigenvalue weighted by Gasteiger charge is 2.21. The van der Waals surface area contributed by atoms with Crippen molar-refractivity contribution in [3.8, 4) is 10.6 Å². The zero-order chi connectivity index (χ0) is 18.1. The topological polar surface area (TPSA) is 89.5 Å². The van der Waals surface area contributed by atoms with Crippen molar-refractivity contribution in [2.45, 2.75) is 32.1 Å². The maximum Gasteiger partial charge on any atom is 0.269 e. The van der Waals surface area contributed by atoms with E-state index in [2.05, 4.69) is 27.1 Å². The summed E-state index contributed by atoms with van der Waals surface area (Å²) >= 11 is 1.44. The summed E-state index contributed by atoms with van der Waals surface area (Å²) in [6, 6.07) is 6.44. The van der Waals surface area contributed by atoms with Gasteiger partial charge in [0, 0.05) is 30.2 Å². The van der Waals surface area contributed by atoms with Gasteiger partial charge in [0.25, 0.3) is 5.69 Å². The number of non-ortho nitro benzene ring substituents is 1. The van der Waals surface area contributed by atoms with Gasteiger partial charge in [-0.3, -0.25) is 10.1 Å². The van der Waals surface area contributed by atoms with Gasteiger partial charge in [0.2, 0.25) is 4.96 Å². The van der Waals surface area contributed by atoms with Gasteiger partial charge in [-0.1, -0.05) is 24.7 Å². The summed E-state index contributed by atoms with van der Waals surface area (Å²) in [6.07, 6.45) is 3.86. The lowest BCUT2D eigenvalue weighted by Crippen LogP contribution is -2.33. The van der Waals surface area contributed by atoms with Gasteiger partial charge in [-0.15, -0.1) is 10.2 Å². The standard InChI is InChI=1S/C17H20N6O2S/c1-12(11-21-9-3-2-4-10-21)15-18-19-17-22(15)20-16(26-17)13-5-7-14(8-6-13)23(24)25/h5-8,12H,2-4,9-11H2,1H3. The quantitative estimate of drug-likeness (QED) is 0.504. The van der Waals surface area contributed by atoms with Crippen LogP contribution in [0.1, 0.15) is 37.9 Å². The average Bonchev–Trinajstić information content (AvgIpc) is 3.23. The third-order valence-electron chi connectivity index (χ3n) is 4.76. The molecule has 3 aromatic rings. The van der Waals surface area contributed by atoms with Crippen LogP contribution in [0.15, 0.2) is 24.3 Å². The number of nitro groups is 1. The number of fused-ring (bicyclic) bond motifs is 1. The molecule has 1 saturated heterocycles. The summed E-state index contributed by atoms with van der Waals surface area (Å²) in [5, 5.41) is 24.8. The zero-order valence-corrected chi connectivity index (χ0v) is 15.4. The van der Waals surface area contributed by atoms with E-state index in [4.69, 9.17) is 0 Å². The summed E-state index contributed by atoms with van der Waals surface area (Å²) in [6.45, 7) is 5.43. The Kier molecular flexibility index (Phi) is 4.64. The van der Waals surface area contributed by atoms with Crippen LogP contribution in [0.25, 0.3) is 15.5 Å². The minimum absolute atomic E-state index is 0.0765. The molecule has 0 spiro atoms. The highest BCUT2D eigenvalue weighted by Crippen LogP contribution is 2.28. The van der Waals surface area contributed by atoms with Crippen molar-refractivity contribution in [1.82, 2.24) is 24.7 Å². The second-order valence-corrected chi connectivity index (χ2v) is 7.68. The first-order valence-electron chi connectivity index (χ1n) is 8.81. The Morgan fingerprint density at radius 2 is 1.92 bits per heavy atom. The van der Waals surface area contributed by atoms with E-state index in [-0.39, 0.29) is 11.6 Å². The maximum absolute atomic E-state index is 10.8. The van der Waals surface area contributed by atoms with E-state index in [1.54, 1.807) is 12.1 Å². The van der Waals surface area contributed by atoms with Crippen LogP contribution in [0.4, 0.5) is 5.69 Å². The molecule has 1 aromatic carbocycles. The molecule has 136 valence electrons. The fraction of sp³-hybridized carbons (Fsp3) is 0.471. The van der Waals surface area contributed by atoms with E-state index in [1.807, 2.05) is 4.52 Å². The van der Waals surface area contributed by atoms with Gasteiger partial charge >= 0.3 is 0 Å². The molecule has 1 aliphatic rings. The van der Waals surface area contributed by atoms with Crippen molar-refractivity contribution in [3.05, 3.63) is 40.2 Å². The largest absolute Gasteiger partial charge is 0.303 e. The number of hydrogen-bond donors (Lipinski definition) is 0. The highest BCUT2D eigenvalue weighted by atomic mass is 32.1. The Hall–Kier alpha value is -2.39. The first-order chi connectivity index (χ1) is 12.6. The second-order valence-electron chi connectivity index (χ2n) is 6.73. The van der Waals surface area contributed by atoms with Gasteiger partial charge in [-0.2, -0.15) is 9.61 Å². The molecule has 8 nitrogen and oxygen atoms in total. The molecular formula is C17H20N6O2S. The summed E-state index contributed by atoms with van der Waals surface area (Å²) in [4.78, 5) is 13.6. The number of likely N-dealkylation sites (tertiary alicyclic amines) is 1. The zero-order valence-electron chi connectivity index (χ0n) is 14.5. The molecule has 0 aliphatic carbocycles. The predicted octanol–water partition coefficient (Wildman–Crippen LogP) is 3.35. The van der Waals surface area contributed by atoms with Crippen LogP contribution in [0, 0.1) is 10.1 Å². The molecule has 2 aromatic heterocycles. The first kappa shape index (κ1) is 17.0. The van der Waals surface area contributed by atoms with Gasteiger partial charge in [-0.05, 0) is 38.1 Å². The molecule has 0 saturated carbocycles. The number of nitro benzene ring substituents is 1. The summed E-state index contributed by atoms with van der Waals surface area (Å²) < 4.78 is 1.82. The van der Waals surface area contributed by atoms with Crippen LogP contribution in [0.5, 0.6) is 0 Å². The van der Waals surface area contributed by atoms with Gasteiger partial charge in [0.05, 0.1) is 4.92 Å². The summed E-state index contributed by atoms with van der Waals surface area (Å²) in [5.74, 6) is 1.12. The van der Waals surface area contributed by atoms with E-state index in [0.29, 0.717) is 0 Å². The third-order valence-corrected chi connectivity index (χ3v) is 5.71. The van der Waals surface area contributed by atoms with E-state index in [0.717, 1.165) is 41.0 Å². The number of aromatic nitrogens is 4. The third kappa shape index (κ3) is 3.32. The van der Waals surface area contributed by atoms with Crippen molar-refractivity contribution in [2.24, 2.45) is 0 Å². The lowest BCUT2D eigenvalue weighted by Gasteiger charge is -2.28. The molecule has 3 heterocycles. The Balaban J connectivity index is 1.57. The van der Waals surface area contributed by atoms with Crippen molar-refractivity contribution in [2.75, 3.05) is 19.6 Å². The van der Waals surface area contributed by atoms with Crippen molar-refractivity contribution < 1.29 is 4.92 Å². The second kappa shape index (κ2) is 7.08. The van der Waals surface area contributed by atoms with Crippen LogP contribution in [0.2, 0.25) is 0 Å². The normalized spacial score (nSPS) is 16.8. The Morgan fingerprint density at radius 3 is 2.62 bits per heavy atom. The lowest BCUT2D eigenvalue weighted by molar-refractivity contribution is -0.384. The highest BCUT2D eigenvalue weighted by molar-refractivity contribution is 7.19. The molecule has 0 bridgehead atoms. The Bertz CT molecular complexity index is 913. The lowest BCUT2D eigenvalue weighted by atomic mass is 10.1. The smallest absolute Gasteiger partial charge is 0.269 e. The van der Waals surface area contributed by atoms with Crippen molar-refractivity contribution >= 4 is 22.0 Å². The molecular weight excluding hydrogens is 352 g/mol. The van der Waals surface area contributed by atoms with E-state index < -0.39 is 4.92 Å². The van der Waals surface area contributed by atoms with Gasteiger partial charge in [-0.25, -0.2) is 0 Å². The molecule has 0 N–H and O–H groups in total. The van der Waals surface area contributed by atoms with E-state index >= 15 is 0 Å². The SMILES string of the molecule is CC(CN1CCCCC1)c1nnc2sc(-c3ccc([N+](=O)[O-])cc3)nn12. The minimum atomic E-state index is -0.400. The monoisotopic (exact) mass is 372 g/mol. The predicted molar refractivity (Wildman–Crippen MR) is 99.5 cm³/mol. The van der Waals surface area contributed by atoms with Crippen LogP contribution in [0.3, 0.4) is 0 Å². The molecule has 1 atom stereocenters. The van der Waals surface area contributed by atoms with E-state index in [9.17, 15) is 10.1 Å². The molecule has 4 rings (SSSR count). The molecule has 0 amide bonds. The molecule has 1 aliphatic heterocycles. The van der Waals surface area contributed by atoms with Crippen molar-refractivity contribution in [1.29, 1.82) is 0 Å². The van der Waals surface area contributed by atoms with Crippen molar-refractivity contribution in [3.63, 3.8) is 0 Å². The number of nitrogens with zero attached hydrogens (tertiary/aromatic N) is 6. The number of piperidine rings is 1. The number of hydrogen-bond acceptors (Lipinski definition) is 7. The van der Waals surface area contributed by atoms with Gasteiger partial charge in [0.15, 0.2) is 5.82 Å². The van der Waals surface area contributed by atoms with Crippen LogP contribution < -0.4 is 0 Å². The minimum Gasteiger partial charge on any atom is -0.303 e. The summed E-state index contributed by atoms with van der Waals surface area (Å²) in [7, 11) is 0. The summed E-state index contributed by atoms with van der Waals surface area (Å²) in [5.41, 5.74) is 0.924. The fourth-order valence-corrected chi connectivity index (χ4v) is 4.24. The van der Waals surface area contributed by atoms with Crippen LogP contribution in [-0.2, 0) is 0 Å². The van der Waals surface area contributed by atoms with Crippen LogP contribution >= 0.6 is 11.3 Å². The first-order valence-corrected chi connectivity index (χ1v) is 9.63. The van der Waals surface area contributed by atoms with Gasteiger partial charge < -0.3 is 4.90 Å². The number of benzene rings is 1.